The van der Waals surface area contributed by atoms with E-state index in [1.807, 2.05) is 11.8 Å². The number of anilines is 2. The quantitative estimate of drug-likeness (QED) is 0.761. The zero-order chi connectivity index (χ0) is 10.4. The van der Waals surface area contributed by atoms with E-state index in [0.717, 1.165) is 12.4 Å². The molecule has 0 saturated heterocycles. The maximum absolute atomic E-state index is 8.48. The van der Waals surface area contributed by atoms with Crippen LogP contribution in [0.5, 0.6) is 0 Å². The number of nitrogens with two attached hydrogens (primary N) is 1. The molecule has 0 atom stereocenters. The molecule has 5 nitrogen and oxygen atoms in total. The minimum Gasteiger partial charge on any atom is -0.384 e. The Bertz CT molecular complexity index is 330. The molecule has 0 aliphatic heterocycles. The summed E-state index contributed by atoms with van der Waals surface area (Å²) in [6.45, 7) is 3.48. The maximum atomic E-state index is 8.48. The van der Waals surface area contributed by atoms with Gasteiger partial charge < -0.3 is 10.6 Å². The minimum atomic E-state index is 0.449. The lowest BCUT2D eigenvalue weighted by Crippen LogP contribution is -2.24. The average molecular weight is 191 g/mol. The molecule has 2 N–H and O–H groups in total. The highest BCUT2D eigenvalue weighted by atomic mass is 15.2. The van der Waals surface area contributed by atoms with Gasteiger partial charge in [0.15, 0.2) is 0 Å². The van der Waals surface area contributed by atoms with Gasteiger partial charge in [0.1, 0.15) is 18.0 Å². The molecule has 0 spiro atoms. The zero-order valence-corrected chi connectivity index (χ0v) is 8.14. The van der Waals surface area contributed by atoms with Crippen LogP contribution >= 0.6 is 0 Å². The van der Waals surface area contributed by atoms with E-state index in [0.29, 0.717) is 18.8 Å². The van der Waals surface area contributed by atoms with E-state index in [2.05, 4.69) is 16.0 Å². The van der Waals surface area contributed by atoms with E-state index in [4.69, 9.17) is 11.0 Å². The standard InChI is InChI=1S/C9H13N5/c1-2-14(5-3-4-10)9-6-8(11)12-7-13-9/h6-7H,2-3,5H2,1H3,(H2,11,12,13). The molecule has 0 fully saturated rings. The van der Waals surface area contributed by atoms with Gasteiger partial charge in [0, 0.05) is 19.2 Å². The van der Waals surface area contributed by atoms with E-state index in [1.165, 1.54) is 6.33 Å². The molecule has 0 aromatic carbocycles. The number of aromatic nitrogens is 2. The van der Waals surface area contributed by atoms with E-state index in [9.17, 15) is 0 Å². The van der Waals surface area contributed by atoms with Crippen molar-refractivity contribution in [3.63, 3.8) is 0 Å². The minimum absolute atomic E-state index is 0.449. The Balaban J connectivity index is 2.74. The molecule has 0 aliphatic carbocycles. The highest BCUT2D eigenvalue weighted by Gasteiger charge is 2.05. The molecule has 0 unspecified atom stereocenters. The Labute approximate surface area is 83.2 Å². The predicted octanol–water partition coefficient (Wildman–Crippen LogP) is 0.799. The molecule has 0 amide bonds. The smallest absolute Gasteiger partial charge is 0.134 e. The van der Waals surface area contributed by atoms with E-state index < -0.39 is 0 Å². The molecule has 1 heterocycles. The van der Waals surface area contributed by atoms with Gasteiger partial charge >= 0.3 is 0 Å². The van der Waals surface area contributed by atoms with E-state index in [-0.39, 0.29) is 0 Å². The van der Waals surface area contributed by atoms with E-state index in [1.54, 1.807) is 6.07 Å². The SMILES string of the molecule is CCN(CCC#N)c1cc(N)ncn1. The number of nitrogens with zero attached hydrogens (tertiary/aromatic N) is 4. The van der Waals surface area contributed by atoms with Crippen LogP contribution in [0.2, 0.25) is 0 Å². The molecule has 1 aromatic rings. The molecular weight excluding hydrogens is 178 g/mol. The Morgan fingerprint density at radius 3 is 2.93 bits per heavy atom. The van der Waals surface area contributed by atoms with Crippen LogP contribution in [0.25, 0.3) is 0 Å². The summed E-state index contributed by atoms with van der Waals surface area (Å²) in [5, 5.41) is 8.48. The highest BCUT2D eigenvalue weighted by molar-refractivity contribution is 5.45. The molecule has 0 radical (unpaired) electrons. The fourth-order valence-corrected chi connectivity index (χ4v) is 1.15. The number of rotatable bonds is 4. The van der Waals surface area contributed by atoms with Gasteiger partial charge in [-0.1, -0.05) is 0 Å². The van der Waals surface area contributed by atoms with Crippen LogP contribution in [0.3, 0.4) is 0 Å². The molecule has 0 aliphatic rings. The first-order valence-corrected chi connectivity index (χ1v) is 4.47. The summed E-state index contributed by atoms with van der Waals surface area (Å²) in [4.78, 5) is 9.89. The van der Waals surface area contributed by atoms with Crippen molar-refractivity contribution in [3.05, 3.63) is 12.4 Å². The monoisotopic (exact) mass is 191 g/mol. The Morgan fingerprint density at radius 1 is 1.57 bits per heavy atom. The molecule has 0 saturated carbocycles. The van der Waals surface area contributed by atoms with Crippen LogP contribution in [0, 0.1) is 11.3 Å². The lowest BCUT2D eigenvalue weighted by Gasteiger charge is -2.20. The van der Waals surface area contributed by atoms with Gasteiger partial charge in [-0.15, -0.1) is 0 Å². The lowest BCUT2D eigenvalue weighted by atomic mass is 10.4. The molecule has 1 rings (SSSR count). The first-order chi connectivity index (χ1) is 6.77. The van der Waals surface area contributed by atoms with Crippen molar-refractivity contribution in [1.29, 1.82) is 5.26 Å². The Morgan fingerprint density at radius 2 is 2.36 bits per heavy atom. The molecule has 1 aromatic heterocycles. The maximum Gasteiger partial charge on any atom is 0.134 e. The van der Waals surface area contributed by atoms with Crippen molar-refractivity contribution in [1.82, 2.24) is 9.97 Å². The fourth-order valence-electron chi connectivity index (χ4n) is 1.15. The molecule has 14 heavy (non-hydrogen) atoms. The summed E-state index contributed by atoms with van der Waals surface area (Å²) in [6, 6.07) is 3.81. The van der Waals surface area contributed by atoms with Crippen LogP contribution < -0.4 is 10.6 Å². The van der Waals surface area contributed by atoms with Crippen molar-refractivity contribution >= 4 is 11.6 Å². The first-order valence-electron chi connectivity index (χ1n) is 4.47. The summed E-state index contributed by atoms with van der Waals surface area (Å²) in [7, 11) is 0. The van der Waals surface area contributed by atoms with Crippen molar-refractivity contribution < 1.29 is 0 Å². The predicted molar refractivity (Wildman–Crippen MR) is 54.6 cm³/mol. The van der Waals surface area contributed by atoms with Gasteiger partial charge in [-0.2, -0.15) is 5.26 Å². The van der Waals surface area contributed by atoms with E-state index >= 15 is 0 Å². The lowest BCUT2D eigenvalue weighted by molar-refractivity contribution is 0.808. The van der Waals surface area contributed by atoms with Gasteiger partial charge in [0.25, 0.3) is 0 Å². The number of nitriles is 1. The second kappa shape index (κ2) is 5.02. The van der Waals surface area contributed by atoms with Crippen molar-refractivity contribution in [2.75, 3.05) is 23.7 Å². The topological polar surface area (TPSA) is 78.8 Å². The zero-order valence-electron chi connectivity index (χ0n) is 8.14. The molecule has 5 heteroatoms. The van der Waals surface area contributed by atoms with Crippen LogP contribution in [-0.2, 0) is 0 Å². The second-order valence-corrected chi connectivity index (χ2v) is 2.79. The van der Waals surface area contributed by atoms with Gasteiger partial charge in [0.2, 0.25) is 0 Å². The first kappa shape index (κ1) is 10.3. The highest BCUT2D eigenvalue weighted by Crippen LogP contribution is 2.11. The van der Waals surface area contributed by atoms with Crippen LogP contribution in [-0.4, -0.2) is 23.1 Å². The van der Waals surface area contributed by atoms with Crippen molar-refractivity contribution in [2.45, 2.75) is 13.3 Å². The number of hydrogen-bond acceptors (Lipinski definition) is 5. The van der Waals surface area contributed by atoms with Crippen molar-refractivity contribution in [3.8, 4) is 6.07 Å². The third kappa shape index (κ3) is 2.59. The number of nitrogen functional groups attached to an aromatic ring is 1. The summed E-state index contributed by atoms with van der Waals surface area (Å²) in [5.74, 6) is 1.22. The van der Waals surface area contributed by atoms with Crippen LogP contribution in [0.4, 0.5) is 11.6 Å². The fraction of sp³-hybridized carbons (Fsp3) is 0.444. The molecule has 0 bridgehead atoms. The summed E-state index contributed by atoms with van der Waals surface area (Å²) < 4.78 is 0. The number of hydrogen-bond donors (Lipinski definition) is 1. The van der Waals surface area contributed by atoms with Crippen molar-refractivity contribution in [2.24, 2.45) is 0 Å². The van der Waals surface area contributed by atoms with Crippen LogP contribution in [0.15, 0.2) is 12.4 Å². The third-order valence-electron chi connectivity index (χ3n) is 1.87. The Kier molecular flexibility index (Phi) is 3.68. The average Bonchev–Trinajstić information content (AvgIpc) is 2.19. The largest absolute Gasteiger partial charge is 0.384 e. The normalized spacial score (nSPS) is 9.43. The molecular formula is C9H13N5. The third-order valence-corrected chi connectivity index (χ3v) is 1.87. The summed E-state index contributed by atoms with van der Waals surface area (Å²) >= 11 is 0. The van der Waals surface area contributed by atoms with Gasteiger partial charge in [0.05, 0.1) is 12.5 Å². The van der Waals surface area contributed by atoms with Gasteiger partial charge in [-0.25, -0.2) is 9.97 Å². The Hall–Kier alpha value is -1.83. The second-order valence-electron chi connectivity index (χ2n) is 2.79. The summed E-state index contributed by atoms with van der Waals surface area (Å²) in [5.41, 5.74) is 5.54. The van der Waals surface area contributed by atoms with Gasteiger partial charge in [-0.3, -0.25) is 0 Å². The van der Waals surface area contributed by atoms with Gasteiger partial charge in [-0.05, 0) is 6.92 Å². The molecule has 74 valence electrons. The van der Waals surface area contributed by atoms with Crippen LogP contribution in [0.1, 0.15) is 13.3 Å². The summed E-state index contributed by atoms with van der Waals surface area (Å²) in [6.07, 6.45) is 1.91.